The van der Waals surface area contributed by atoms with Crippen molar-refractivity contribution in [1.82, 2.24) is 5.32 Å². The number of rotatable bonds is 3. The minimum Gasteiger partial charge on any atom is -0.465 e. The number of esters is 1. The molecule has 0 spiro atoms. The smallest absolute Gasteiger partial charge is 0.319 e. The Hall–Kier alpha value is -1.84. The highest BCUT2D eigenvalue weighted by Crippen LogP contribution is 2.29. The van der Waals surface area contributed by atoms with Crippen LogP contribution >= 0.6 is 0 Å². The summed E-state index contributed by atoms with van der Waals surface area (Å²) in [6, 6.07) is 9.57. The van der Waals surface area contributed by atoms with Crippen molar-refractivity contribution in [2.45, 2.75) is 12.8 Å². The second-order valence-corrected chi connectivity index (χ2v) is 3.99. The molecule has 1 aliphatic heterocycles. The van der Waals surface area contributed by atoms with Crippen molar-refractivity contribution in [2.75, 3.05) is 13.2 Å². The van der Waals surface area contributed by atoms with Crippen molar-refractivity contribution in [3.8, 4) is 0 Å². The Morgan fingerprint density at radius 3 is 2.76 bits per heavy atom. The third-order valence-corrected chi connectivity index (χ3v) is 2.95. The lowest BCUT2D eigenvalue weighted by Crippen LogP contribution is -2.28. The molecular weight excluding hydrogens is 218 g/mol. The number of hydrogen-bond donors (Lipinski definition) is 1. The minimum atomic E-state index is -0.711. The lowest BCUT2D eigenvalue weighted by Gasteiger charge is -2.15. The Kier molecular flexibility index (Phi) is 3.42. The van der Waals surface area contributed by atoms with Crippen LogP contribution in [0.1, 0.15) is 18.4 Å². The largest absolute Gasteiger partial charge is 0.465 e. The van der Waals surface area contributed by atoms with Gasteiger partial charge in [-0.25, -0.2) is 0 Å². The van der Waals surface area contributed by atoms with Gasteiger partial charge in [0.05, 0.1) is 6.61 Å². The van der Waals surface area contributed by atoms with Crippen LogP contribution in [0, 0.1) is 5.92 Å². The van der Waals surface area contributed by atoms with Crippen LogP contribution in [0.15, 0.2) is 30.3 Å². The van der Waals surface area contributed by atoms with E-state index in [0.717, 1.165) is 5.56 Å². The number of amides is 1. The van der Waals surface area contributed by atoms with Gasteiger partial charge in [0, 0.05) is 12.5 Å². The Balaban J connectivity index is 2.22. The fraction of sp³-hybridized carbons (Fsp3) is 0.385. The first-order valence-corrected chi connectivity index (χ1v) is 5.73. The molecule has 0 saturated carbocycles. The van der Waals surface area contributed by atoms with E-state index in [1.807, 2.05) is 30.3 Å². The predicted molar refractivity (Wildman–Crippen MR) is 62.3 cm³/mol. The van der Waals surface area contributed by atoms with Crippen LogP contribution in [-0.2, 0) is 14.3 Å². The van der Waals surface area contributed by atoms with E-state index in [1.54, 1.807) is 6.92 Å². The molecule has 0 aliphatic carbocycles. The van der Waals surface area contributed by atoms with Gasteiger partial charge in [-0.3, -0.25) is 9.59 Å². The number of benzene rings is 1. The van der Waals surface area contributed by atoms with Crippen LogP contribution < -0.4 is 5.32 Å². The lowest BCUT2D eigenvalue weighted by atomic mass is 9.89. The predicted octanol–water partition coefficient (Wildman–Crippen LogP) is 1.08. The summed E-state index contributed by atoms with van der Waals surface area (Å²) in [7, 11) is 0. The van der Waals surface area contributed by atoms with Gasteiger partial charge in [-0.15, -0.1) is 0 Å². The van der Waals surface area contributed by atoms with Crippen molar-refractivity contribution >= 4 is 11.9 Å². The standard InChI is InChI=1S/C13H15NO3/c1-2-17-13(16)11-10(8-14-12(11)15)9-6-4-3-5-7-9/h3-7,10-11H,2,8H2,1H3,(H,14,15)/t10-,11-/m0/s1. The van der Waals surface area contributed by atoms with E-state index in [4.69, 9.17) is 4.74 Å². The number of ether oxygens (including phenoxy) is 1. The average Bonchev–Trinajstić information content (AvgIpc) is 2.73. The summed E-state index contributed by atoms with van der Waals surface area (Å²) >= 11 is 0. The first kappa shape index (κ1) is 11.6. The quantitative estimate of drug-likeness (QED) is 0.628. The van der Waals surface area contributed by atoms with E-state index in [9.17, 15) is 9.59 Å². The SMILES string of the molecule is CCOC(=O)[C@@H]1C(=O)NC[C@H]1c1ccccc1. The zero-order chi connectivity index (χ0) is 12.3. The van der Waals surface area contributed by atoms with E-state index in [-0.39, 0.29) is 11.8 Å². The number of nitrogens with one attached hydrogen (secondary N) is 1. The van der Waals surface area contributed by atoms with E-state index < -0.39 is 11.9 Å². The van der Waals surface area contributed by atoms with Gasteiger partial charge < -0.3 is 10.1 Å². The molecule has 1 amide bonds. The van der Waals surface area contributed by atoms with Crippen LogP contribution in [-0.4, -0.2) is 25.0 Å². The normalized spacial score (nSPS) is 23.2. The number of carbonyl (C=O) groups excluding carboxylic acids is 2. The van der Waals surface area contributed by atoms with Gasteiger partial charge in [0.25, 0.3) is 0 Å². The fourth-order valence-electron chi connectivity index (χ4n) is 2.13. The van der Waals surface area contributed by atoms with Crippen molar-refractivity contribution in [3.05, 3.63) is 35.9 Å². The van der Waals surface area contributed by atoms with E-state index in [0.29, 0.717) is 13.2 Å². The molecule has 4 heteroatoms. The molecule has 1 aromatic rings. The molecule has 2 rings (SSSR count). The average molecular weight is 233 g/mol. The summed E-state index contributed by atoms with van der Waals surface area (Å²) in [5.41, 5.74) is 0.990. The molecule has 0 unspecified atom stereocenters. The molecule has 2 atom stereocenters. The number of hydrogen-bond acceptors (Lipinski definition) is 3. The molecule has 1 N–H and O–H groups in total. The maximum absolute atomic E-state index is 11.8. The molecule has 0 aromatic heterocycles. The number of carbonyl (C=O) groups is 2. The summed E-state index contributed by atoms with van der Waals surface area (Å²) in [5.74, 6) is -1.51. The van der Waals surface area contributed by atoms with Crippen molar-refractivity contribution < 1.29 is 14.3 Å². The summed E-state index contributed by atoms with van der Waals surface area (Å²) in [6.07, 6.45) is 0. The van der Waals surface area contributed by atoms with Crippen LogP contribution in [0.4, 0.5) is 0 Å². The van der Waals surface area contributed by atoms with Crippen molar-refractivity contribution in [1.29, 1.82) is 0 Å². The van der Waals surface area contributed by atoms with E-state index in [2.05, 4.69) is 5.32 Å². The van der Waals surface area contributed by atoms with Gasteiger partial charge in [0.2, 0.25) is 5.91 Å². The molecule has 0 bridgehead atoms. The molecule has 0 radical (unpaired) electrons. The highest BCUT2D eigenvalue weighted by molar-refractivity contribution is 6.00. The molecular formula is C13H15NO3. The molecule has 1 aromatic carbocycles. The van der Waals surface area contributed by atoms with Crippen molar-refractivity contribution in [2.24, 2.45) is 5.92 Å². The van der Waals surface area contributed by atoms with Gasteiger partial charge in [0.15, 0.2) is 0 Å². The van der Waals surface area contributed by atoms with E-state index >= 15 is 0 Å². The third-order valence-electron chi connectivity index (χ3n) is 2.95. The molecule has 1 fully saturated rings. The Labute approximate surface area is 100.0 Å². The molecule has 4 nitrogen and oxygen atoms in total. The Bertz CT molecular complexity index is 416. The van der Waals surface area contributed by atoms with Gasteiger partial charge >= 0.3 is 5.97 Å². The van der Waals surface area contributed by atoms with Crippen LogP contribution in [0.2, 0.25) is 0 Å². The highest BCUT2D eigenvalue weighted by Gasteiger charge is 2.41. The van der Waals surface area contributed by atoms with Crippen molar-refractivity contribution in [3.63, 3.8) is 0 Å². The Morgan fingerprint density at radius 2 is 2.12 bits per heavy atom. The van der Waals surface area contributed by atoms with Crippen LogP contribution in [0.5, 0.6) is 0 Å². The maximum Gasteiger partial charge on any atom is 0.319 e. The molecule has 1 saturated heterocycles. The summed E-state index contributed by atoms with van der Waals surface area (Å²) in [6.45, 7) is 2.53. The first-order valence-electron chi connectivity index (χ1n) is 5.73. The first-order chi connectivity index (χ1) is 8.24. The second-order valence-electron chi connectivity index (χ2n) is 3.99. The van der Waals surface area contributed by atoms with E-state index in [1.165, 1.54) is 0 Å². The molecule has 17 heavy (non-hydrogen) atoms. The topological polar surface area (TPSA) is 55.4 Å². The van der Waals surface area contributed by atoms with Crippen LogP contribution in [0.25, 0.3) is 0 Å². The van der Waals surface area contributed by atoms with Gasteiger partial charge in [0.1, 0.15) is 5.92 Å². The minimum absolute atomic E-state index is 0.122. The van der Waals surface area contributed by atoms with Gasteiger partial charge in [-0.2, -0.15) is 0 Å². The summed E-state index contributed by atoms with van der Waals surface area (Å²) < 4.78 is 4.95. The fourth-order valence-corrected chi connectivity index (χ4v) is 2.13. The van der Waals surface area contributed by atoms with Crippen LogP contribution in [0.3, 0.4) is 0 Å². The zero-order valence-corrected chi connectivity index (χ0v) is 9.68. The highest BCUT2D eigenvalue weighted by atomic mass is 16.5. The maximum atomic E-state index is 11.8. The Morgan fingerprint density at radius 1 is 1.41 bits per heavy atom. The lowest BCUT2D eigenvalue weighted by molar-refractivity contribution is -0.151. The molecule has 1 aliphatic rings. The third kappa shape index (κ3) is 2.30. The summed E-state index contributed by atoms with van der Waals surface area (Å²) in [4.78, 5) is 23.4. The van der Waals surface area contributed by atoms with Gasteiger partial charge in [-0.1, -0.05) is 30.3 Å². The monoisotopic (exact) mass is 233 g/mol. The van der Waals surface area contributed by atoms with Gasteiger partial charge in [-0.05, 0) is 12.5 Å². The summed E-state index contributed by atoms with van der Waals surface area (Å²) in [5, 5.41) is 2.72. The second kappa shape index (κ2) is 4.99. The molecule has 90 valence electrons. The molecule has 1 heterocycles. The zero-order valence-electron chi connectivity index (χ0n) is 9.68.